The number of rotatable bonds is 6. The zero-order chi connectivity index (χ0) is 14.4. The zero-order valence-corrected chi connectivity index (χ0v) is 12.2. The fraction of sp³-hybridized carbons (Fsp3) is 0.235. The van der Waals surface area contributed by atoms with E-state index in [4.69, 9.17) is 11.6 Å². The molecule has 0 aliphatic heterocycles. The molecule has 20 heavy (non-hydrogen) atoms. The van der Waals surface area contributed by atoms with Crippen LogP contribution in [0.4, 0.5) is 0 Å². The Hall–Kier alpha value is -1.64. The summed E-state index contributed by atoms with van der Waals surface area (Å²) in [5.41, 5.74) is 1.96. The fourth-order valence-corrected chi connectivity index (χ4v) is 2.17. The van der Waals surface area contributed by atoms with Crippen LogP contribution in [0.2, 0.25) is 5.02 Å². The SMILES string of the molecule is CC(Cc1ccccc1)NCC(=O)c1ccc(Cl)cc1. The van der Waals surface area contributed by atoms with Gasteiger partial charge in [0.15, 0.2) is 5.78 Å². The quantitative estimate of drug-likeness (QED) is 0.820. The van der Waals surface area contributed by atoms with Gasteiger partial charge in [0.1, 0.15) is 0 Å². The van der Waals surface area contributed by atoms with Gasteiger partial charge in [0.25, 0.3) is 0 Å². The highest BCUT2D eigenvalue weighted by atomic mass is 35.5. The predicted octanol–water partition coefficient (Wildman–Crippen LogP) is 3.74. The van der Waals surface area contributed by atoms with Gasteiger partial charge in [-0.15, -0.1) is 0 Å². The lowest BCUT2D eigenvalue weighted by Crippen LogP contribution is -2.33. The number of nitrogens with one attached hydrogen (secondary N) is 1. The van der Waals surface area contributed by atoms with E-state index in [1.165, 1.54) is 5.56 Å². The van der Waals surface area contributed by atoms with Gasteiger partial charge < -0.3 is 5.32 Å². The minimum Gasteiger partial charge on any atom is -0.307 e. The molecular weight excluding hydrogens is 270 g/mol. The first-order valence-electron chi connectivity index (χ1n) is 6.71. The van der Waals surface area contributed by atoms with Crippen molar-refractivity contribution >= 4 is 17.4 Å². The Labute approximate surface area is 124 Å². The molecule has 0 heterocycles. The standard InChI is InChI=1S/C17H18ClNO/c1-13(11-14-5-3-2-4-6-14)19-12-17(20)15-7-9-16(18)10-8-15/h2-10,13,19H,11-12H2,1H3. The summed E-state index contributed by atoms with van der Waals surface area (Å²) in [5, 5.41) is 3.91. The van der Waals surface area contributed by atoms with E-state index in [1.807, 2.05) is 18.2 Å². The van der Waals surface area contributed by atoms with Crippen LogP contribution in [-0.4, -0.2) is 18.4 Å². The lowest BCUT2D eigenvalue weighted by molar-refractivity contribution is 0.0988. The van der Waals surface area contributed by atoms with Crippen LogP contribution in [0.15, 0.2) is 54.6 Å². The first-order chi connectivity index (χ1) is 9.65. The van der Waals surface area contributed by atoms with E-state index in [0.717, 1.165) is 6.42 Å². The monoisotopic (exact) mass is 287 g/mol. The maximum absolute atomic E-state index is 12.0. The third-order valence-electron chi connectivity index (χ3n) is 3.16. The highest BCUT2D eigenvalue weighted by Gasteiger charge is 2.08. The van der Waals surface area contributed by atoms with Gasteiger partial charge in [0.2, 0.25) is 0 Å². The number of carbonyl (C=O) groups is 1. The summed E-state index contributed by atoms with van der Waals surface area (Å²) in [6.07, 6.45) is 0.911. The van der Waals surface area contributed by atoms with Gasteiger partial charge in [0, 0.05) is 16.6 Å². The van der Waals surface area contributed by atoms with Crippen LogP contribution in [0.5, 0.6) is 0 Å². The lowest BCUT2D eigenvalue weighted by atomic mass is 10.1. The molecule has 104 valence electrons. The van der Waals surface area contributed by atoms with Crippen molar-refractivity contribution in [2.45, 2.75) is 19.4 Å². The molecule has 3 heteroatoms. The zero-order valence-electron chi connectivity index (χ0n) is 11.5. The van der Waals surface area contributed by atoms with Crippen molar-refractivity contribution in [2.75, 3.05) is 6.54 Å². The molecule has 0 saturated heterocycles. The predicted molar refractivity (Wildman–Crippen MR) is 83.4 cm³/mol. The number of hydrogen-bond acceptors (Lipinski definition) is 2. The van der Waals surface area contributed by atoms with E-state index >= 15 is 0 Å². The Balaban J connectivity index is 1.82. The molecule has 0 fully saturated rings. The number of carbonyl (C=O) groups excluding carboxylic acids is 1. The highest BCUT2D eigenvalue weighted by Crippen LogP contribution is 2.10. The molecule has 0 aliphatic carbocycles. The number of ketones is 1. The second-order valence-corrected chi connectivity index (χ2v) is 5.34. The van der Waals surface area contributed by atoms with Crippen molar-refractivity contribution in [3.8, 4) is 0 Å². The van der Waals surface area contributed by atoms with Crippen LogP contribution in [-0.2, 0) is 6.42 Å². The molecule has 2 nitrogen and oxygen atoms in total. The Kier molecular flexibility index (Phi) is 5.33. The summed E-state index contributed by atoms with van der Waals surface area (Å²) in [5.74, 6) is 0.0848. The van der Waals surface area contributed by atoms with Gasteiger partial charge in [0.05, 0.1) is 6.54 Å². The maximum Gasteiger partial charge on any atom is 0.176 e. The Morgan fingerprint density at radius 1 is 1.10 bits per heavy atom. The fourth-order valence-electron chi connectivity index (χ4n) is 2.04. The van der Waals surface area contributed by atoms with Crippen molar-refractivity contribution < 1.29 is 4.79 Å². The van der Waals surface area contributed by atoms with Gasteiger partial charge in [-0.05, 0) is 43.2 Å². The molecule has 1 atom stereocenters. The first kappa shape index (κ1) is 14.8. The van der Waals surface area contributed by atoms with Crippen LogP contribution in [0.3, 0.4) is 0 Å². The van der Waals surface area contributed by atoms with Gasteiger partial charge >= 0.3 is 0 Å². The van der Waals surface area contributed by atoms with E-state index in [0.29, 0.717) is 17.1 Å². The van der Waals surface area contributed by atoms with Crippen molar-refractivity contribution in [2.24, 2.45) is 0 Å². The third kappa shape index (κ3) is 4.48. The van der Waals surface area contributed by atoms with Gasteiger partial charge in [-0.1, -0.05) is 41.9 Å². The van der Waals surface area contributed by atoms with Crippen molar-refractivity contribution in [1.82, 2.24) is 5.32 Å². The number of Topliss-reactive ketones (excluding diaryl/α,β-unsaturated/α-hetero) is 1. The van der Waals surface area contributed by atoms with E-state index in [1.54, 1.807) is 24.3 Å². The molecule has 1 unspecified atom stereocenters. The van der Waals surface area contributed by atoms with Crippen molar-refractivity contribution in [3.05, 3.63) is 70.7 Å². The van der Waals surface area contributed by atoms with Gasteiger partial charge in [-0.2, -0.15) is 0 Å². The summed E-state index contributed by atoms with van der Waals surface area (Å²) in [6, 6.07) is 17.5. The molecule has 0 amide bonds. The van der Waals surface area contributed by atoms with E-state index in [2.05, 4.69) is 24.4 Å². The van der Waals surface area contributed by atoms with E-state index < -0.39 is 0 Å². The smallest absolute Gasteiger partial charge is 0.176 e. The average Bonchev–Trinajstić information content (AvgIpc) is 2.46. The van der Waals surface area contributed by atoms with Crippen LogP contribution in [0.25, 0.3) is 0 Å². The molecule has 0 bridgehead atoms. The normalized spacial score (nSPS) is 12.1. The maximum atomic E-state index is 12.0. The summed E-state index contributed by atoms with van der Waals surface area (Å²) in [7, 11) is 0. The molecule has 0 spiro atoms. The van der Waals surface area contributed by atoms with Crippen molar-refractivity contribution in [1.29, 1.82) is 0 Å². The number of halogens is 1. The van der Waals surface area contributed by atoms with E-state index in [9.17, 15) is 4.79 Å². The minimum atomic E-state index is 0.0848. The van der Waals surface area contributed by atoms with E-state index in [-0.39, 0.29) is 11.8 Å². The van der Waals surface area contributed by atoms with Crippen LogP contribution in [0, 0.1) is 0 Å². The average molecular weight is 288 g/mol. The Morgan fingerprint density at radius 2 is 1.75 bits per heavy atom. The molecule has 0 aliphatic rings. The molecule has 0 saturated carbocycles. The Bertz CT molecular complexity index is 551. The Morgan fingerprint density at radius 3 is 2.40 bits per heavy atom. The summed E-state index contributed by atoms with van der Waals surface area (Å²) < 4.78 is 0. The molecule has 1 N–H and O–H groups in total. The van der Waals surface area contributed by atoms with Crippen LogP contribution < -0.4 is 5.32 Å². The molecule has 2 rings (SSSR count). The minimum absolute atomic E-state index is 0.0848. The lowest BCUT2D eigenvalue weighted by Gasteiger charge is -2.13. The number of hydrogen-bond donors (Lipinski definition) is 1. The molecular formula is C17H18ClNO. The van der Waals surface area contributed by atoms with Crippen LogP contribution in [0.1, 0.15) is 22.8 Å². The number of benzene rings is 2. The second-order valence-electron chi connectivity index (χ2n) is 4.90. The molecule has 0 aromatic heterocycles. The largest absolute Gasteiger partial charge is 0.307 e. The topological polar surface area (TPSA) is 29.1 Å². The second kappa shape index (κ2) is 7.22. The third-order valence-corrected chi connectivity index (χ3v) is 3.41. The van der Waals surface area contributed by atoms with Gasteiger partial charge in [-0.3, -0.25) is 4.79 Å². The molecule has 0 radical (unpaired) electrons. The van der Waals surface area contributed by atoms with Gasteiger partial charge in [-0.25, -0.2) is 0 Å². The van der Waals surface area contributed by atoms with Crippen molar-refractivity contribution in [3.63, 3.8) is 0 Å². The summed E-state index contributed by atoms with van der Waals surface area (Å²) in [4.78, 5) is 12.0. The highest BCUT2D eigenvalue weighted by molar-refractivity contribution is 6.30. The molecule has 2 aromatic rings. The molecule has 2 aromatic carbocycles. The summed E-state index contributed by atoms with van der Waals surface area (Å²) in [6.45, 7) is 2.43. The summed E-state index contributed by atoms with van der Waals surface area (Å²) >= 11 is 5.81. The first-order valence-corrected chi connectivity index (χ1v) is 7.09. The van der Waals surface area contributed by atoms with Crippen LogP contribution >= 0.6 is 11.6 Å².